The van der Waals surface area contributed by atoms with Crippen molar-refractivity contribution in [1.29, 1.82) is 0 Å². The highest BCUT2D eigenvalue weighted by Gasteiger charge is 2.18. The van der Waals surface area contributed by atoms with Crippen LogP contribution in [-0.4, -0.2) is 6.34 Å². The van der Waals surface area contributed by atoms with Crippen molar-refractivity contribution in [2.24, 2.45) is 4.99 Å². The molecule has 0 unspecified atom stereocenters. The summed E-state index contributed by atoms with van der Waals surface area (Å²) in [6.07, 6.45) is 1.78. The minimum Gasteiger partial charge on any atom is -0.346 e. The Kier molecular flexibility index (Phi) is 2.29. The van der Waals surface area contributed by atoms with Gasteiger partial charge in [0.25, 0.3) is 0 Å². The smallest absolute Gasteiger partial charge is 0.0872 e. The molecule has 0 amide bonds. The average molecular weight is 202 g/mol. The van der Waals surface area contributed by atoms with Crippen LogP contribution in [0.2, 0.25) is 0 Å². The Morgan fingerprint density at radius 1 is 1.27 bits per heavy atom. The summed E-state index contributed by atoms with van der Waals surface area (Å²) in [5.41, 5.74) is 5.47. The van der Waals surface area contributed by atoms with Gasteiger partial charge in [-0.3, -0.25) is 4.99 Å². The average Bonchev–Trinajstić information content (AvgIpc) is 2.15. The van der Waals surface area contributed by atoms with Crippen molar-refractivity contribution in [2.45, 2.75) is 39.7 Å². The zero-order valence-corrected chi connectivity index (χ0v) is 9.89. The molecule has 0 saturated heterocycles. The fourth-order valence-corrected chi connectivity index (χ4v) is 2.10. The summed E-state index contributed by atoms with van der Waals surface area (Å²) >= 11 is 0. The molecule has 0 radical (unpaired) electrons. The van der Waals surface area contributed by atoms with Crippen molar-refractivity contribution in [1.82, 2.24) is 0 Å². The molecule has 1 aromatic carbocycles. The van der Waals surface area contributed by atoms with Gasteiger partial charge in [0.05, 0.1) is 12.9 Å². The van der Waals surface area contributed by atoms with E-state index < -0.39 is 0 Å². The molecule has 1 aliphatic heterocycles. The number of hydrogen-bond acceptors (Lipinski definition) is 2. The van der Waals surface area contributed by atoms with E-state index in [0.29, 0.717) is 0 Å². The molecule has 1 aromatic rings. The molecule has 0 saturated carbocycles. The van der Waals surface area contributed by atoms with Crippen LogP contribution in [0.5, 0.6) is 0 Å². The highest BCUT2D eigenvalue weighted by molar-refractivity contribution is 5.80. The molecule has 0 aliphatic carbocycles. The largest absolute Gasteiger partial charge is 0.346 e. The maximum absolute atomic E-state index is 4.22. The van der Waals surface area contributed by atoms with E-state index in [0.717, 1.165) is 6.54 Å². The van der Waals surface area contributed by atoms with Crippen molar-refractivity contribution >= 4 is 12.0 Å². The van der Waals surface area contributed by atoms with Gasteiger partial charge in [-0.1, -0.05) is 26.8 Å². The molecule has 15 heavy (non-hydrogen) atoms. The zero-order valence-electron chi connectivity index (χ0n) is 9.89. The standard InChI is InChI=1S/C13H18N2/c1-9-5-10-7-14-8-15-12(10)6-11(9)13(2,3)4/h5-6,8H,7H2,1-4H3,(H,14,15). The van der Waals surface area contributed by atoms with Gasteiger partial charge in [0.15, 0.2) is 0 Å². The Morgan fingerprint density at radius 3 is 2.67 bits per heavy atom. The normalized spacial score (nSPS) is 14.7. The van der Waals surface area contributed by atoms with E-state index in [1.165, 1.54) is 22.4 Å². The zero-order chi connectivity index (χ0) is 11.1. The van der Waals surface area contributed by atoms with Gasteiger partial charge in [-0.25, -0.2) is 0 Å². The van der Waals surface area contributed by atoms with Crippen molar-refractivity contribution in [3.05, 3.63) is 28.8 Å². The minimum atomic E-state index is 0.204. The summed E-state index contributed by atoms with van der Waals surface area (Å²) in [6, 6.07) is 4.51. The fraction of sp³-hybridized carbons (Fsp3) is 0.462. The first-order valence-electron chi connectivity index (χ1n) is 5.37. The number of benzene rings is 1. The van der Waals surface area contributed by atoms with Crippen LogP contribution in [0.3, 0.4) is 0 Å². The Labute approximate surface area is 91.4 Å². The quantitative estimate of drug-likeness (QED) is 0.686. The minimum absolute atomic E-state index is 0.204. The van der Waals surface area contributed by atoms with E-state index in [1.54, 1.807) is 6.34 Å². The van der Waals surface area contributed by atoms with Gasteiger partial charge >= 0.3 is 0 Å². The SMILES string of the molecule is Cc1cc2c(cc1C(C)(C)C)NC=NC2. The number of aryl methyl sites for hydroxylation is 1. The topological polar surface area (TPSA) is 24.4 Å². The van der Waals surface area contributed by atoms with E-state index in [4.69, 9.17) is 0 Å². The highest BCUT2D eigenvalue weighted by atomic mass is 15.0. The molecule has 2 rings (SSSR count). The van der Waals surface area contributed by atoms with Gasteiger partial charge in [-0.2, -0.15) is 0 Å². The van der Waals surface area contributed by atoms with Crippen LogP contribution in [0.4, 0.5) is 5.69 Å². The van der Waals surface area contributed by atoms with Crippen LogP contribution >= 0.6 is 0 Å². The van der Waals surface area contributed by atoms with Crippen LogP contribution < -0.4 is 5.32 Å². The number of hydrogen-bond donors (Lipinski definition) is 1. The Morgan fingerprint density at radius 2 is 2.00 bits per heavy atom. The molecule has 1 N–H and O–H groups in total. The third-order valence-corrected chi connectivity index (χ3v) is 2.83. The van der Waals surface area contributed by atoms with Gasteiger partial charge < -0.3 is 5.32 Å². The molecular formula is C13H18N2. The van der Waals surface area contributed by atoms with Crippen LogP contribution in [0, 0.1) is 6.92 Å². The first-order valence-corrected chi connectivity index (χ1v) is 5.37. The maximum Gasteiger partial charge on any atom is 0.0872 e. The summed E-state index contributed by atoms with van der Waals surface area (Å²) in [4.78, 5) is 4.22. The lowest BCUT2D eigenvalue weighted by atomic mass is 9.83. The summed E-state index contributed by atoms with van der Waals surface area (Å²) in [7, 11) is 0. The van der Waals surface area contributed by atoms with Gasteiger partial charge in [0, 0.05) is 5.69 Å². The number of rotatable bonds is 0. The van der Waals surface area contributed by atoms with Crippen LogP contribution in [0.1, 0.15) is 37.5 Å². The Hall–Kier alpha value is -1.31. The molecule has 0 aromatic heterocycles. The third kappa shape index (κ3) is 1.89. The predicted octanol–water partition coefficient (Wildman–Crippen LogP) is 3.25. The molecule has 1 aliphatic rings. The second-order valence-electron chi connectivity index (χ2n) is 5.19. The van der Waals surface area contributed by atoms with Crippen molar-refractivity contribution < 1.29 is 0 Å². The summed E-state index contributed by atoms with van der Waals surface area (Å²) in [5.74, 6) is 0. The molecule has 2 nitrogen and oxygen atoms in total. The Balaban J connectivity index is 2.52. The van der Waals surface area contributed by atoms with E-state index in [1.807, 2.05) is 0 Å². The number of nitrogens with zero attached hydrogens (tertiary/aromatic N) is 1. The van der Waals surface area contributed by atoms with Crippen LogP contribution in [-0.2, 0) is 12.0 Å². The molecule has 0 spiro atoms. The maximum atomic E-state index is 4.22. The Bertz CT molecular complexity index is 411. The summed E-state index contributed by atoms with van der Waals surface area (Å²) < 4.78 is 0. The highest BCUT2D eigenvalue weighted by Crippen LogP contribution is 2.31. The monoisotopic (exact) mass is 202 g/mol. The number of aliphatic imine (C=N–C) groups is 1. The molecule has 0 bridgehead atoms. The van der Waals surface area contributed by atoms with Gasteiger partial charge in [0.2, 0.25) is 0 Å². The van der Waals surface area contributed by atoms with E-state index in [-0.39, 0.29) is 5.41 Å². The predicted molar refractivity (Wildman–Crippen MR) is 65.7 cm³/mol. The number of anilines is 1. The molecule has 1 heterocycles. The lowest BCUT2D eigenvalue weighted by molar-refractivity contribution is 0.586. The third-order valence-electron chi connectivity index (χ3n) is 2.83. The van der Waals surface area contributed by atoms with E-state index in [9.17, 15) is 0 Å². The lowest BCUT2D eigenvalue weighted by Crippen LogP contribution is -2.15. The second-order valence-corrected chi connectivity index (χ2v) is 5.19. The van der Waals surface area contributed by atoms with Gasteiger partial charge in [-0.05, 0) is 35.1 Å². The van der Waals surface area contributed by atoms with Gasteiger partial charge in [-0.15, -0.1) is 0 Å². The second kappa shape index (κ2) is 3.37. The van der Waals surface area contributed by atoms with Crippen LogP contribution in [0.25, 0.3) is 0 Å². The summed E-state index contributed by atoms with van der Waals surface area (Å²) in [6.45, 7) is 9.72. The lowest BCUT2D eigenvalue weighted by Gasteiger charge is -2.24. The molecule has 0 atom stereocenters. The van der Waals surface area contributed by atoms with E-state index in [2.05, 4.69) is 50.1 Å². The number of fused-ring (bicyclic) bond motifs is 1. The molecule has 80 valence electrons. The summed E-state index contributed by atoms with van der Waals surface area (Å²) in [5, 5.41) is 3.21. The molecule has 0 fully saturated rings. The molecule has 2 heteroatoms. The van der Waals surface area contributed by atoms with Crippen molar-refractivity contribution in [2.75, 3.05) is 5.32 Å². The van der Waals surface area contributed by atoms with Crippen LogP contribution in [0.15, 0.2) is 17.1 Å². The van der Waals surface area contributed by atoms with Gasteiger partial charge in [0.1, 0.15) is 0 Å². The number of nitrogens with one attached hydrogen (secondary N) is 1. The first-order chi connectivity index (χ1) is 6.98. The van der Waals surface area contributed by atoms with E-state index >= 15 is 0 Å². The molecular weight excluding hydrogens is 184 g/mol. The fourth-order valence-electron chi connectivity index (χ4n) is 2.10. The van der Waals surface area contributed by atoms with Crippen molar-refractivity contribution in [3.8, 4) is 0 Å². The first kappa shape index (κ1) is 10.2. The van der Waals surface area contributed by atoms with Crippen molar-refractivity contribution in [3.63, 3.8) is 0 Å².